The summed E-state index contributed by atoms with van der Waals surface area (Å²) in [6.07, 6.45) is -1.17. The Hall–Kier alpha value is -0.780. The standard InChI is InChI=1S/C6H12O5S/c1-4-10-6(7)11-12(8,9)5(2)3/h5H,4H2,1-3H3. The van der Waals surface area contributed by atoms with Gasteiger partial charge >= 0.3 is 16.3 Å². The van der Waals surface area contributed by atoms with Crippen LogP contribution in [-0.4, -0.2) is 26.4 Å². The quantitative estimate of drug-likeness (QED) is 0.495. The average Bonchev–Trinajstić information content (AvgIpc) is 1.85. The molecule has 0 bridgehead atoms. The highest BCUT2D eigenvalue weighted by atomic mass is 32.2. The number of carbonyl (C=O) groups is 1. The van der Waals surface area contributed by atoms with Crippen LogP contribution in [0.25, 0.3) is 0 Å². The third-order valence-electron chi connectivity index (χ3n) is 1.02. The first kappa shape index (κ1) is 11.2. The molecule has 0 saturated heterocycles. The molecule has 0 unspecified atom stereocenters. The van der Waals surface area contributed by atoms with Gasteiger partial charge in [0.15, 0.2) is 0 Å². The van der Waals surface area contributed by atoms with Gasteiger partial charge in [-0.1, -0.05) is 0 Å². The molecule has 5 nitrogen and oxygen atoms in total. The van der Waals surface area contributed by atoms with Gasteiger partial charge in [-0.05, 0) is 20.8 Å². The predicted octanol–water partition coefficient (Wildman–Crippen LogP) is 0.898. The Bertz CT molecular complexity index is 241. The van der Waals surface area contributed by atoms with E-state index in [1.807, 2.05) is 0 Å². The minimum absolute atomic E-state index is 0.0897. The number of hydrogen-bond donors (Lipinski definition) is 0. The topological polar surface area (TPSA) is 69.7 Å². The lowest BCUT2D eigenvalue weighted by Crippen LogP contribution is -2.21. The van der Waals surface area contributed by atoms with Crippen molar-refractivity contribution in [3.05, 3.63) is 0 Å². The van der Waals surface area contributed by atoms with Gasteiger partial charge in [-0.2, -0.15) is 8.42 Å². The van der Waals surface area contributed by atoms with Crippen LogP contribution in [0, 0.1) is 0 Å². The molecule has 12 heavy (non-hydrogen) atoms. The van der Waals surface area contributed by atoms with Gasteiger partial charge in [0.05, 0.1) is 11.9 Å². The van der Waals surface area contributed by atoms with E-state index in [0.717, 1.165) is 0 Å². The summed E-state index contributed by atoms with van der Waals surface area (Å²) in [6, 6.07) is 0. The van der Waals surface area contributed by atoms with Gasteiger partial charge < -0.3 is 8.92 Å². The zero-order valence-electron chi connectivity index (χ0n) is 7.23. The van der Waals surface area contributed by atoms with Crippen LogP contribution >= 0.6 is 0 Å². The maximum atomic E-state index is 10.9. The van der Waals surface area contributed by atoms with E-state index in [1.165, 1.54) is 13.8 Å². The summed E-state index contributed by atoms with van der Waals surface area (Å²) in [5, 5.41) is -0.748. The number of rotatable bonds is 3. The molecule has 72 valence electrons. The van der Waals surface area contributed by atoms with Gasteiger partial charge in [-0.3, -0.25) is 0 Å². The average molecular weight is 196 g/mol. The normalized spacial score (nSPS) is 11.3. The molecule has 0 N–H and O–H groups in total. The highest BCUT2D eigenvalue weighted by Gasteiger charge is 2.21. The maximum Gasteiger partial charge on any atom is 0.524 e. The minimum atomic E-state index is -3.79. The first-order valence-electron chi connectivity index (χ1n) is 3.50. The summed E-state index contributed by atoms with van der Waals surface area (Å²) in [4.78, 5) is 10.5. The van der Waals surface area contributed by atoms with Crippen molar-refractivity contribution in [1.82, 2.24) is 0 Å². The zero-order valence-corrected chi connectivity index (χ0v) is 8.05. The molecular weight excluding hydrogens is 184 g/mol. The van der Waals surface area contributed by atoms with Gasteiger partial charge in [-0.15, -0.1) is 0 Å². The number of hydrogen-bond acceptors (Lipinski definition) is 5. The van der Waals surface area contributed by atoms with Gasteiger partial charge in [0.1, 0.15) is 0 Å². The van der Waals surface area contributed by atoms with E-state index in [-0.39, 0.29) is 6.61 Å². The van der Waals surface area contributed by atoms with E-state index in [0.29, 0.717) is 0 Å². The molecule has 0 aliphatic heterocycles. The van der Waals surface area contributed by atoms with E-state index in [4.69, 9.17) is 0 Å². The molecule has 0 spiro atoms. The van der Waals surface area contributed by atoms with Crippen LogP contribution in [0.1, 0.15) is 20.8 Å². The number of ether oxygens (including phenoxy) is 1. The molecule has 0 aliphatic carbocycles. The van der Waals surface area contributed by atoms with Crippen LogP contribution in [0.2, 0.25) is 0 Å². The highest BCUT2D eigenvalue weighted by molar-refractivity contribution is 7.87. The predicted molar refractivity (Wildman–Crippen MR) is 42.2 cm³/mol. The lowest BCUT2D eigenvalue weighted by molar-refractivity contribution is 0.106. The SMILES string of the molecule is CCOC(=O)OS(=O)(=O)C(C)C. The Kier molecular flexibility index (Phi) is 4.02. The summed E-state index contributed by atoms with van der Waals surface area (Å²) >= 11 is 0. The van der Waals surface area contributed by atoms with Crippen LogP contribution < -0.4 is 0 Å². The van der Waals surface area contributed by atoms with Gasteiger partial charge in [0.2, 0.25) is 0 Å². The van der Waals surface area contributed by atoms with Crippen LogP contribution in [0.5, 0.6) is 0 Å². The molecular formula is C6H12O5S. The molecule has 0 aliphatic rings. The van der Waals surface area contributed by atoms with Gasteiger partial charge in [-0.25, -0.2) is 4.79 Å². The van der Waals surface area contributed by atoms with E-state index >= 15 is 0 Å². The Morgan fingerprint density at radius 1 is 1.42 bits per heavy atom. The van der Waals surface area contributed by atoms with E-state index in [1.54, 1.807) is 6.92 Å². The monoisotopic (exact) mass is 196 g/mol. The second kappa shape index (κ2) is 4.30. The Balaban J connectivity index is 4.17. The van der Waals surface area contributed by atoms with Gasteiger partial charge in [0, 0.05) is 0 Å². The lowest BCUT2D eigenvalue weighted by atomic mass is 10.6. The molecule has 0 aromatic heterocycles. The summed E-state index contributed by atoms with van der Waals surface area (Å²) in [6.45, 7) is 4.47. The first-order valence-corrected chi connectivity index (χ1v) is 4.97. The van der Waals surface area contributed by atoms with Crippen LogP contribution in [0.3, 0.4) is 0 Å². The number of carbonyl (C=O) groups excluding carboxylic acids is 1. The van der Waals surface area contributed by atoms with Crippen molar-refractivity contribution in [3.63, 3.8) is 0 Å². The molecule has 6 heteroatoms. The van der Waals surface area contributed by atoms with Crippen LogP contribution in [0.15, 0.2) is 0 Å². The molecule has 0 rings (SSSR count). The first-order chi connectivity index (χ1) is 5.40. The molecule has 0 aromatic carbocycles. The smallest absolute Gasteiger partial charge is 0.434 e. The van der Waals surface area contributed by atoms with Crippen LogP contribution in [-0.2, 0) is 19.0 Å². The summed E-state index contributed by atoms with van der Waals surface area (Å²) in [7, 11) is -3.79. The van der Waals surface area contributed by atoms with Gasteiger partial charge in [0.25, 0.3) is 0 Å². The van der Waals surface area contributed by atoms with Crippen molar-refractivity contribution in [2.75, 3.05) is 6.61 Å². The van der Waals surface area contributed by atoms with Crippen molar-refractivity contribution in [2.24, 2.45) is 0 Å². The molecule has 0 fully saturated rings. The molecule has 0 heterocycles. The van der Waals surface area contributed by atoms with Crippen molar-refractivity contribution >= 4 is 16.3 Å². The molecule has 0 amide bonds. The van der Waals surface area contributed by atoms with Crippen molar-refractivity contribution < 1.29 is 22.1 Å². The maximum absolute atomic E-state index is 10.9. The molecule has 0 radical (unpaired) electrons. The summed E-state index contributed by atoms with van der Waals surface area (Å²) < 4.78 is 30.1. The van der Waals surface area contributed by atoms with Crippen molar-refractivity contribution in [2.45, 2.75) is 26.0 Å². The van der Waals surface area contributed by atoms with E-state index in [2.05, 4.69) is 8.92 Å². The van der Waals surface area contributed by atoms with Crippen LogP contribution in [0.4, 0.5) is 4.79 Å². The second-order valence-corrected chi connectivity index (χ2v) is 4.40. The third kappa shape index (κ3) is 3.56. The summed E-state index contributed by atoms with van der Waals surface area (Å²) in [5.74, 6) is 0. The fourth-order valence-corrected chi connectivity index (χ4v) is 0.763. The fourth-order valence-electron chi connectivity index (χ4n) is 0.333. The minimum Gasteiger partial charge on any atom is -0.434 e. The van der Waals surface area contributed by atoms with E-state index < -0.39 is 21.5 Å². The Morgan fingerprint density at radius 3 is 2.25 bits per heavy atom. The zero-order chi connectivity index (χ0) is 9.78. The lowest BCUT2D eigenvalue weighted by Gasteiger charge is -2.06. The van der Waals surface area contributed by atoms with Crippen molar-refractivity contribution in [3.8, 4) is 0 Å². The second-order valence-electron chi connectivity index (χ2n) is 2.31. The Labute approximate surface area is 71.8 Å². The molecule has 0 saturated carbocycles. The molecule has 0 aromatic rings. The summed E-state index contributed by atoms with van der Waals surface area (Å²) in [5.41, 5.74) is 0. The largest absolute Gasteiger partial charge is 0.524 e. The highest BCUT2D eigenvalue weighted by Crippen LogP contribution is 2.03. The van der Waals surface area contributed by atoms with E-state index in [9.17, 15) is 13.2 Å². The Morgan fingerprint density at radius 2 is 1.92 bits per heavy atom. The molecule has 0 atom stereocenters. The fraction of sp³-hybridized carbons (Fsp3) is 0.833. The third-order valence-corrected chi connectivity index (χ3v) is 2.55. The van der Waals surface area contributed by atoms with Crippen molar-refractivity contribution in [1.29, 1.82) is 0 Å².